The fraction of sp³-hybridized carbons (Fsp3) is 0.886. The van der Waals surface area contributed by atoms with Crippen LogP contribution >= 0.6 is 7.82 Å². The number of ether oxygens (including phenoxy) is 2. The van der Waals surface area contributed by atoms with Gasteiger partial charge in [0.25, 0.3) is 0 Å². The van der Waals surface area contributed by atoms with Gasteiger partial charge < -0.3 is 24.0 Å². The van der Waals surface area contributed by atoms with Gasteiger partial charge in [0.15, 0.2) is 0 Å². The molecule has 0 aliphatic carbocycles. The lowest BCUT2D eigenvalue weighted by atomic mass is 10.0. The van der Waals surface area contributed by atoms with Crippen molar-refractivity contribution < 1.29 is 42.4 Å². The first-order valence-electron chi connectivity index (χ1n) is 22.2. The number of rotatable bonds is 41. The van der Waals surface area contributed by atoms with Crippen molar-refractivity contribution in [3.05, 3.63) is 24.3 Å². The molecule has 0 heterocycles. The van der Waals surface area contributed by atoms with Crippen molar-refractivity contribution in [2.45, 2.75) is 199 Å². The van der Waals surface area contributed by atoms with E-state index in [2.05, 4.69) is 38.2 Å². The lowest BCUT2D eigenvalue weighted by Gasteiger charge is -2.24. The number of hydrogen-bond acceptors (Lipinski definition) is 7. The number of phosphoric ester groups is 1. The summed E-state index contributed by atoms with van der Waals surface area (Å²) in [6, 6.07) is 0. The van der Waals surface area contributed by atoms with E-state index in [4.69, 9.17) is 18.5 Å². The number of quaternary nitrogens is 1. The van der Waals surface area contributed by atoms with Crippen LogP contribution in [0.2, 0.25) is 0 Å². The molecular formula is C44H87NO8P+. The zero-order valence-corrected chi connectivity index (χ0v) is 36.7. The molecule has 10 heteroatoms. The van der Waals surface area contributed by atoms with Gasteiger partial charge in [0.1, 0.15) is 19.3 Å². The normalized spacial score (nSPS) is 14.6. The molecule has 0 spiro atoms. The number of unbranched alkanes of at least 4 members (excludes halogenated alkanes) is 20. The van der Waals surface area contributed by atoms with Gasteiger partial charge in [-0.1, -0.05) is 141 Å². The van der Waals surface area contributed by atoms with Crippen LogP contribution in [-0.2, 0) is 27.9 Å². The Labute approximate surface area is 333 Å². The number of aliphatic hydroxyl groups is 1. The molecule has 0 aromatic heterocycles. The standard InChI is InChI=1S/C44H86NO8P/c1-6-8-10-12-14-15-16-17-18-19-20-21-22-25-29-33-38-50-40-43(41-52-54(48,49)51-39-37-45(3,4)5)53-44(47)36-32-28-24-23-27-31-35-42(46)34-30-26-13-11-9-7-2/h17-18,26,30,42-43,46H,6-16,19-25,27-29,31-41H2,1-5H3/p+1/b18-17-,30-26+. The van der Waals surface area contributed by atoms with Crippen LogP contribution in [0, 0.1) is 0 Å². The molecule has 320 valence electrons. The van der Waals surface area contributed by atoms with Gasteiger partial charge >= 0.3 is 13.8 Å². The van der Waals surface area contributed by atoms with Crippen LogP contribution in [-0.4, -0.2) is 86.8 Å². The van der Waals surface area contributed by atoms with Gasteiger partial charge in [-0.05, 0) is 64.2 Å². The smallest absolute Gasteiger partial charge is 0.457 e. The third-order valence-electron chi connectivity index (χ3n) is 9.56. The molecule has 0 radical (unpaired) electrons. The Morgan fingerprint density at radius 1 is 0.630 bits per heavy atom. The van der Waals surface area contributed by atoms with Crippen molar-refractivity contribution in [3.63, 3.8) is 0 Å². The second kappa shape index (κ2) is 37.5. The number of carbonyl (C=O) groups excluding carboxylic acids is 1. The van der Waals surface area contributed by atoms with Crippen molar-refractivity contribution in [2.24, 2.45) is 0 Å². The minimum atomic E-state index is -4.29. The van der Waals surface area contributed by atoms with Crippen molar-refractivity contribution in [1.29, 1.82) is 0 Å². The Balaban J connectivity index is 4.29. The number of nitrogens with zero attached hydrogens (tertiary/aromatic N) is 1. The summed E-state index contributed by atoms with van der Waals surface area (Å²) in [5, 5.41) is 10.2. The van der Waals surface area contributed by atoms with Gasteiger partial charge in [0.2, 0.25) is 0 Å². The van der Waals surface area contributed by atoms with Crippen molar-refractivity contribution in [1.82, 2.24) is 0 Å². The largest absolute Gasteiger partial charge is 0.472 e. The fourth-order valence-corrected chi connectivity index (χ4v) is 6.77. The van der Waals surface area contributed by atoms with E-state index in [0.29, 0.717) is 17.6 Å². The second-order valence-corrected chi connectivity index (χ2v) is 17.7. The predicted octanol–water partition coefficient (Wildman–Crippen LogP) is 11.8. The molecule has 0 bridgehead atoms. The van der Waals surface area contributed by atoms with E-state index in [9.17, 15) is 19.4 Å². The molecule has 3 atom stereocenters. The molecule has 0 saturated heterocycles. The summed E-state index contributed by atoms with van der Waals surface area (Å²) in [5.74, 6) is -0.353. The number of aliphatic hydroxyl groups excluding tert-OH is 1. The van der Waals surface area contributed by atoms with E-state index >= 15 is 0 Å². The first-order chi connectivity index (χ1) is 26.0. The molecule has 0 saturated carbocycles. The summed E-state index contributed by atoms with van der Waals surface area (Å²) in [6.07, 6.45) is 37.9. The molecule has 0 fully saturated rings. The zero-order chi connectivity index (χ0) is 40.0. The molecule has 0 aliphatic rings. The molecule has 0 amide bonds. The number of phosphoric acid groups is 1. The average molecular weight is 789 g/mol. The van der Waals surface area contributed by atoms with Crippen molar-refractivity contribution in [3.8, 4) is 0 Å². The van der Waals surface area contributed by atoms with Gasteiger partial charge in [0, 0.05) is 13.0 Å². The molecular weight excluding hydrogens is 701 g/mol. The van der Waals surface area contributed by atoms with Crippen LogP contribution in [0.15, 0.2) is 24.3 Å². The van der Waals surface area contributed by atoms with Gasteiger partial charge in [-0.15, -0.1) is 0 Å². The summed E-state index contributed by atoms with van der Waals surface area (Å²) >= 11 is 0. The van der Waals surface area contributed by atoms with Gasteiger partial charge in [-0.2, -0.15) is 0 Å². The second-order valence-electron chi connectivity index (χ2n) is 16.3. The van der Waals surface area contributed by atoms with Crippen LogP contribution < -0.4 is 0 Å². The minimum absolute atomic E-state index is 0.0747. The van der Waals surface area contributed by atoms with Crippen LogP contribution in [0.1, 0.15) is 187 Å². The summed E-state index contributed by atoms with van der Waals surface area (Å²) in [5.41, 5.74) is 0. The number of esters is 1. The Morgan fingerprint density at radius 2 is 1.13 bits per heavy atom. The summed E-state index contributed by atoms with van der Waals surface area (Å²) in [7, 11) is 1.62. The van der Waals surface area contributed by atoms with E-state index in [0.717, 1.165) is 70.6 Å². The summed E-state index contributed by atoms with van der Waals surface area (Å²) in [6.45, 7) is 5.47. The van der Waals surface area contributed by atoms with E-state index < -0.39 is 13.9 Å². The maximum absolute atomic E-state index is 12.7. The number of hydrogen-bond donors (Lipinski definition) is 2. The highest BCUT2D eigenvalue weighted by Gasteiger charge is 2.26. The van der Waals surface area contributed by atoms with Crippen LogP contribution in [0.25, 0.3) is 0 Å². The van der Waals surface area contributed by atoms with Gasteiger partial charge in [-0.3, -0.25) is 13.8 Å². The quantitative estimate of drug-likeness (QED) is 0.0207. The number of likely N-dealkylation sites (N-methyl/N-ethyl adjacent to an activating group) is 1. The van der Waals surface area contributed by atoms with E-state index in [-0.39, 0.29) is 38.3 Å². The van der Waals surface area contributed by atoms with Crippen molar-refractivity contribution >= 4 is 13.8 Å². The molecule has 0 aliphatic heterocycles. The molecule has 54 heavy (non-hydrogen) atoms. The Hall–Kier alpha value is -1.06. The Morgan fingerprint density at radius 3 is 1.74 bits per heavy atom. The molecule has 9 nitrogen and oxygen atoms in total. The third-order valence-corrected chi connectivity index (χ3v) is 10.5. The van der Waals surface area contributed by atoms with Crippen molar-refractivity contribution in [2.75, 3.05) is 54.1 Å². The Bertz CT molecular complexity index is 938. The maximum Gasteiger partial charge on any atom is 0.472 e. The maximum atomic E-state index is 12.7. The van der Waals surface area contributed by atoms with Gasteiger partial charge in [-0.25, -0.2) is 4.57 Å². The number of carbonyl (C=O) groups is 1. The molecule has 0 aromatic carbocycles. The van der Waals surface area contributed by atoms with Crippen LogP contribution in [0.3, 0.4) is 0 Å². The lowest BCUT2D eigenvalue weighted by Crippen LogP contribution is -2.37. The van der Waals surface area contributed by atoms with Crippen LogP contribution in [0.5, 0.6) is 0 Å². The Kier molecular flexibility index (Phi) is 36.8. The monoisotopic (exact) mass is 789 g/mol. The van der Waals surface area contributed by atoms with E-state index in [1.807, 2.05) is 21.1 Å². The molecule has 3 unspecified atom stereocenters. The summed E-state index contributed by atoms with van der Waals surface area (Å²) < 4.78 is 34.9. The highest BCUT2D eigenvalue weighted by atomic mass is 31.2. The minimum Gasteiger partial charge on any atom is -0.457 e. The van der Waals surface area contributed by atoms with E-state index in [1.165, 1.54) is 96.3 Å². The zero-order valence-electron chi connectivity index (χ0n) is 35.8. The topological polar surface area (TPSA) is 112 Å². The first kappa shape index (κ1) is 52.9. The third kappa shape index (κ3) is 40.6. The molecule has 0 rings (SSSR count). The SMILES string of the molecule is CCCCC/C=C/CC(O)CCCCCCCCC(=O)OC(COCCCCCCCC/C=C\CCCCCCCC)COP(=O)(O)OCC[N+](C)(C)C. The summed E-state index contributed by atoms with van der Waals surface area (Å²) in [4.78, 5) is 22.9. The average Bonchev–Trinajstić information content (AvgIpc) is 3.11. The molecule has 2 N–H and O–H groups in total. The van der Waals surface area contributed by atoms with Crippen LogP contribution in [0.4, 0.5) is 0 Å². The predicted molar refractivity (Wildman–Crippen MR) is 226 cm³/mol. The fourth-order valence-electron chi connectivity index (χ4n) is 6.03. The van der Waals surface area contributed by atoms with Gasteiger partial charge in [0.05, 0.1) is 40.5 Å². The highest BCUT2D eigenvalue weighted by Crippen LogP contribution is 2.43. The lowest BCUT2D eigenvalue weighted by molar-refractivity contribution is -0.870. The highest BCUT2D eigenvalue weighted by molar-refractivity contribution is 7.47. The number of allylic oxidation sites excluding steroid dienone is 3. The first-order valence-corrected chi connectivity index (χ1v) is 23.7. The molecule has 0 aromatic rings. The van der Waals surface area contributed by atoms with E-state index in [1.54, 1.807) is 0 Å².